The molecule has 1 heterocycles. The van der Waals surface area contributed by atoms with Gasteiger partial charge in [0, 0.05) is 17.0 Å². The van der Waals surface area contributed by atoms with Crippen molar-refractivity contribution < 1.29 is 13.6 Å². The van der Waals surface area contributed by atoms with Crippen molar-refractivity contribution in [3.8, 4) is 11.3 Å². The monoisotopic (exact) mass is 236 g/mol. The topological polar surface area (TPSA) is 58.9 Å². The van der Waals surface area contributed by atoms with Crippen LogP contribution in [0.3, 0.4) is 0 Å². The van der Waals surface area contributed by atoms with E-state index in [0.29, 0.717) is 11.4 Å². The zero-order valence-corrected chi connectivity index (χ0v) is 9.05. The molecule has 0 unspecified atom stereocenters. The van der Waals surface area contributed by atoms with Crippen LogP contribution in [-0.4, -0.2) is 10.9 Å². The quantitative estimate of drug-likeness (QED) is 0.826. The highest BCUT2D eigenvalue weighted by molar-refractivity contribution is 5.95. The maximum Gasteiger partial charge on any atom is 0.250 e. The van der Waals surface area contributed by atoms with Gasteiger partial charge in [-0.2, -0.15) is 0 Å². The number of aromatic nitrogens is 1. The number of amides is 1. The number of hydrogen-bond acceptors (Lipinski definition) is 1. The minimum Gasteiger partial charge on any atom is -0.366 e. The molecule has 0 saturated heterocycles. The molecule has 0 aliphatic rings. The number of aromatic amines is 1. The maximum absolute atomic E-state index is 13.5. The molecule has 3 nitrogen and oxygen atoms in total. The molecule has 0 bridgehead atoms. The molecule has 0 radical (unpaired) electrons. The zero-order valence-electron chi connectivity index (χ0n) is 9.05. The van der Waals surface area contributed by atoms with E-state index in [-0.39, 0.29) is 11.1 Å². The predicted octanol–water partition coefficient (Wildman–Crippen LogP) is 2.37. The summed E-state index contributed by atoms with van der Waals surface area (Å²) in [7, 11) is 0. The lowest BCUT2D eigenvalue weighted by atomic mass is 10.1. The summed E-state index contributed by atoms with van der Waals surface area (Å²) in [5, 5.41) is 0. The third kappa shape index (κ3) is 2.04. The van der Waals surface area contributed by atoms with Crippen molar-refractivity contribution in [2.24, 2.45) is 5.73 Å². The number of primary amides is 1. The minimum absolute atomic E-state index is 0.0700. The van der Waals surface area contributed by atoms with Crippen molar-refractivity contribution in [1.82, 2.24) is 4.98 Å². The van der Waals surface area contributed by atoms with E-state index in [1.807, 2.05) is 0 Å². The van der Waals surface area contributed by atoms with Crippen LogP contribution in [0, 0.1) is 18.6 Å². The smallest absolute Gasteiger partial charge is 0.250 e. The number of rotatable bonds is 2. The summed E-state index contributed by atoms with van der Waals surface area (Å²) in [5.41, 5.74) is 6.34. The SMILES string of the molecule is Cc1[nH]c(-c2cc(F)ccc2F)cc1C(N)=O. The second-order valence-corrected chi connectivity index (χ2v) is 3.71. The van der Waals surface area contributed by atoms with Gasteiger partial charge in [0.1, 0.15) is 11.6 Å². The summed E-state index contributed by atoms with van der Waals surface area (Å²) in [6.07, 6.45) is 0. The molecular formula is C12H10F2N2O. The molecule has 2 rings (SSSR count). The number of H-pyrrole nitrogens is 1. The first-order valence-electron chi connectivity index (χ1n) is 4.94. The van der Waals surface area contributed by atoms with Crippen LogP contribution in [0.1, 0.15) is 16.1 Å². The molecule has 0 saturated carbocycles. The van der Waals surface area contributed by atoms with Crippen LogP contribution in [0.2, 0.25) is 0 Å². The van der Waals surface area contributed by atoms with Crippen molar-refractivity contribution in [2.45, 2.75) is 6.92 Å². The van der Waals surface area contributed by atoms with Gasteiger partial charge in [-0.05, 0) is 31.2 Å². The molecule has 17 heavy (non-hydrogen) atoms. The largest absolute Gasteiger partial charge is 0.366 e. The second-order valence-electron chi connectivity index (χ2n) is 3.71. The van der Waals surface area contributed by atoms with Crippen LogP contribution in [0.4, 0.5) is 8.78 Å². The molecule has 1 amide bonds. The Morgan fingerprint density at radius 3 is 2.59 bits per heavy atom. The summed E-state index contributed by atoms with van der Waals surface area (Å²) < 4.78 is 26.5. The number of aryl methyl sites for hydroxylation is 1. The summed E-state index contributed by atoms with van der Waals surface area (Å²) >= 11 is 0. The van der Waals surface area contributed by atoms with Crippen LogP contribution in [0.25, 0.3) is 11.3 Å². The molecule has 0 aliphatic carbocycles. The number of carbonyl (C=O) groups excluding carboxylic acids is 1. The fraction of sp³-hybridized carbons (Fsp3) is 0.0833. The van der Waals surface area contributed by atoms with E-state index in [1.54, 1.807) is 6.92 Å². The van der Waals surface area contributed by atoms with Crippen molar-refractivity contribution >= 4 is 5.91 Å². The van der Waals surface area contributed by atoms with Gasteiger partial charge in [0.2, 0.25) is 0 Å². The Bertz CT molecular complexity index is 590. The average Bonchev–Trinajstić information content (AvgIpc) is 2.64. The second kappa shape index (κ2) is 4.01. The number of halogens is 2. The third-order valence-corrected chi connectivity index (χ3v) is 2.50. The van der Waals surface area contributed by atoms with E-state index < -0.39 is 17.5 Å². The van der Waals surface area contributed by atoms with E-state index in [0.717, 1.165) is 18.2 Å². The van der Waals surface area contributed by atoms with Gasteiger partial charge in [0.05, 0.1) is 5.56 Å². The lowest BCUT2D eigenvalue weighted by molar-refractivity contribution is 0.1000. The number of nitrogens with two attached hydrogens (primary N) is 1. The fourth-order valence-electron chi connectivity index (χ4n) is 1.66. The average molecular weight is 236 g/mol. The molecule has 0 spiro atoms. The number of carbonyl (C=O) groups is 1. The number of benzene rings is 1. The van der Waals surface area contributed by atoms with Gasteiger partial charge in [-0.15, -0.1) is 0 Å². The van der Waals surface area contributed by atoms with Crippen LogP contribution in [-0.2, 0) is 0 Å². The van der Waals surface area contributed by atoms with Crippen LogP contribution >= 0.6 is 0 Å². The maximum atomic E-state index is 13.5. The Morgan fingerprint density at radius 2 is 2.00 bits per heavy atom. The van der Waals surface area contributed by atoms with E-state index in [9.17, 15) is 13.6 Å². The Hall–Kier alpha value is -2.17. The molecule has 0 aliphatic heterocycles. The number of nitrogens with one attached hydrogen (secondary N) is 1. The standard InChI is InChI=1S/C12H10F2N2O/c1-6-8(12(15)17)5-11(16-6)9-4-7(13)2-3-10(9)14/h2-5,16H,1H3,(H2,15,17). The highest BCUT2D eigenvalue weighted by Crippen LogP contribution is 2.25. The Balaban J connectivity index is 2.57. The molecule has 0 atom stereocenters. The van der Waals surface area contributed by atoms with Gasteiger partial charge in [-0.1, -0.05) is 0 Å². The molecule has 0 fully saturated rings. The van der Waals surface area contributed by atoms with Gasteiger partial charge < -0.3 is 10.7 Å². The summed E-state index contributed by atoms with van der Waals surface area (Å²) in [6, 6.07) is 4.54. The van der Waals surface area contributed by atoms with Gasteiger partial charge in [0.25, 0.3) is 5.91 Å². The van der Waals surface area contributed by atoms with Crippen molar-refractivity contribution in [3.63, 3.8) is 0 Å². The van der Waals surface area contributed by atoms with E-state index in [1.165, 1.54) is 6.07 Å². The first-order chi connectivity index (χ1) is 7.99. The van der Waals surface area contributed by atoms with Crippen LogP contribution in [0.15, 0.2) is 24.3 Å². The summed E-state index contributed by atoms with van der Waals surface area (Å²) in [5.74, 6) is -1.72. The minimum atomic E-state index is -0.609. The highest BCUT2D eigenvalue weighted by atomic mass is 19.1. The highest BCUT2D eigenvalue weighted by Gasteiger charge is 2.13. The van der Waals surface area contributed by atoms with Gasteiger partial charge in [-0.3, -0.25) is 4.79 Å². The summed E-state index contributed by atoms with van der Waals surface area (Å²) in [4.78, 5) is 13.9. The molecule has 3 N–H and O–H groups in total. The molecule has 5 heteroatoms. The van der Waals surface area contributed by atoms with Gasteiger partial charge >= 0.3 is 0 Å². The van der Waals surface area contributed by atoms with E-state index >= 15 is 0 Å². The van der Waals surface area contributed by atoms with Crippen LogP contribution < -0.4 is 5.73 Å². The Kier molecular flexibility index (Phi) is 2.67. The van der Waals surface area contributed by atoms with Crippen molar-refractivity contribution in [2.75, 3.05) is 0 Å². The predicted molar refractivity (Wildman–Crippen MR) is 59.4 cm³/mol. The Morgan fingerprint density at radius 1 is 1.29 bits per heavy atom. The summed E-state index contributed by atoms with van der Waals surface area (Å²) in [6.45, 7) is 1.64. The molecule has 1 aromatic heterocycles. The molecule has 88 valence electrons. The first-order valence-corrected chi connectivity index (χ1v) is 4.94. The number of hydrogen-bond donors (Lipinski definition) is 2. The molecular weight excluding hydrogens is 226 g/mol. The van der Waals surface area contributed by atoms with Gasteiger partial charge in [0.15, 0.2) is 0 Å². The molecule has 1 aromatic carbocycles. The van der Waals surface area contributed by atoms with E-state index in [2.05, 4.69) is 4.98 Å². The fourth-order valence-corrected chi connectivity index (χ4v) is 1.66. The van der Waals surface area contributed by atoms with Gasteiger partial charge in [-0.25, -0.2) is 8.78 Å². The van der Waals surface area contributed by atoms with E-state index in [4.69, 9.17) is 5.73 Å². The van der Waals surface area contributed by atoms with Crippen molar-refractivity contribution in [3.05, 3.63) is 47.2 Å². The first kappa shape index (κ1) is 11.3. The lowest BCUT2D eigenvalue weighted by Crippen LogP contribution is -2.10. The lowest BCUT2D eigenvalue weighted by Gasteiger charge is -2.00. The van der Waals surface area contributed by atoms with Crippen molar-refractivity contribution in [1.29, 1.82) is 0 Å². The zero-order chi connectivity index (χ0) is 12.6. The normalized spacial score (nSPS) is 10.5. The molecule has 2 aromatic rings. The Labute approximate surface area is 96.3 Å². The third-order valence-electron chi connectivity index (χ3n) is 2.50. The van der Waals surface area contributed by atoms with Crippen LogP contribution in [0.5, 0.6) is 0 Å².